The molecule has 10 heteroatoms. The number of aryl methyl sites for hydroxylation is 1. The van der Waals surface area contributed by atoms with E-state index in [0.717, 1.165) is 0 Å². The van der Waals surface area contributed by atoms with Crippen molar-refractivity contribution in [1.82, 2.24) is 15.3 Å². The van der Waals surface area contributed by atoms with Crippen LogP contribution < -0.4 is 4.68 Å². The van der Waals surface area contributed by atoms with Crippen molar-refractivity contribution < 1.29 is 32.2 Å². The minimum atomic E-state index is -5.20. The van der Waals surface area contributed by atoms with Crippen LogP contribution in [0.15, 0.2) is 36.8 Å². The maximum absolute atomic E-state index is 11.9. The average molecular weight is 327 g/mol. The minimum absolute atomic E-state index is 0.0370. The van der Waals surface area contributed by atoms with Gasteiger partial charge in [0.15, 0.2) is 12.7 Å². The summed E-state index contributed by atoms with van der Waals surface area (Å²) in [6, 6.07) is 5.09. The molecular formula is C13H10F3N4O3+. The molecular weight excluding hydrogens is 317 g/mol. The summed E-state index contributed by atoms with van der Waals surface area (Å²) in [6.45, 7) is -0.0370. The second-order valence-electron chi connectivity index (χ2n) is 4.30. The summed E-state index contributed by atoms with van der Waals surface area (Å²) in [5.41, 5.74) is 1.28. The van der Waals surface area contributed by atoms with Crippen LogP contribution in [0.4, 0.5) is 13.2 Å². The van der Waals surface area contributed by atoms with Crippen molar-refractivity contribution in [2.75, 3.05) is 0 Å². The predicted octanol–water partition coefficient (Wildman–Crippen LogP) is 0.848. The third-order valence-electron chi connectivity index (χ3n) is 2.62. The Morgan fingerprint density at radius 1 is 1.26 bits per heavy atom. The molecule has 0 fully saturated rings. The van der Waals surface area contributed by atoms with Gasteiger partial charge in [0.05, 0.1) is 5.69 Å². The highest BCUT2D eigenvalue weighted by molar-refractivity contribution is 5.88. The highest BCUT2D eigenvalue weighted by Gasteiger charge is 2.42. The Morgan fingerprint density at radius 3 is 2.61 bits per heavy atom. The molecule has 0 unspecified atom stereocenters. The van der Waals surface area contributed by atoms with E-state index in [1.54, 1.807) is 18.2 Å². The fourth-order valence-electron chi connectivity index (χ4n) is 1.54. The van der Waals surface area contributed by atoms with Crippen LogP contribution in [-0.2, 0) is 20.9 Å². The van der Waals surface area contributed by atoms with Crippen molar-refractivity contribution in [3.05, 3.63) is 36.8 Å². The van der Waals surface area contributed by atoms with Gasteiger partial charge in [-0.25, -0.2) is 4.79 Å². The largest absolute Gasteiger partial charge is 0.491 e. The first-order chi connectivity index (χ1) is 10.9. The van der Waals surface area contributed by atoms with Gasteiger partial charge in [0, 0.05) is 17.8 Å². The molecule has 0 aliphatic rings. The first kappa shape index (κ1) is 16.5. The second-order valence-corrected chi connectivity index (χ2v) is 4.30. The predicted molar refractivity (Wildman–Crippen MR) is 67.2 cm³/mol. The van der Waals surface area contributed by atoms with E-state index < -0.39 is 24.5 Å². The van der Waals surface area contributed by atoms with Crippen LogP contribution in [0.3, 0.4) is 0 Å². The van der Waals surface area contributed by atoms with Gasteiger partial charge >= 0.3 is 18.1 Å². The van der Waals surface area contributed by atoms with Crippen LogP contribution in [0.2, 0.25) is 0 Å². The Kier molecular flexibility index (Phi) is 4.94. The van der Waals surface area contributed by atoms with Crippen LogP contribution >= 0.6 is 0 Å². The van der Waals surface area contributed by atoms with E-state index in [2.05, 4.69) is 20.0 Å². The molecule has 0 saturated carbocycles. The molecule has 0 aromatic carbocycles. The van der Waals surface area contributed by atoms with E-state index >= 15 is 0 Å². The zero-order valence-electron chi connectivity index (χ0n) is 11.5. The van der Waals surface area contributed by atoms with E-state index in [0.29, 0.717) is 11.3 Å². The van der Waals surface area contributed by atoms with Gasteiger partial charge in [0.25, 0.3) is 0 Å². The lowest BCUT2D eigenvalue weighted by atomic mass is 10.2. The molecule has 120 valence electrons. The zero-order valence-corrected chi connectivity index (χ0v) is 11.5. The lowest BCUT2D eigenvalue weighted by Gasteiger charge is -2.04. The van der Waals surface area contributed by atoms with Crippen LogP contribution in [0.5, 0.6) is 0 Å². The van der Waals surface area contributed by atoms with Crippen LogP contribution in [-0.4, -0.2) is 33.4 Å². The van der Waals surface area contributed by atoms with E-state index in [1.165, 1.54) is 23.3 Å². The zero-order chi connectivity index (χ0) is 16.9. The van der Waals surface area contributed by atoms with Crippen LogP contribution in [0, 0.1) is 0 Å². The Balaban J connectivity index is 1.89. The molecule has 0 amide bonds. The van der Waals surface area contributed by atoms with Crippen LogP contribution in [0.25, 0.3) is 11.3 Å². The van der Waals surface area contributed by atoms with Crippen molar-refractivity contribution in [2.24, 2.45) is 0 Å². The highest BCUT2D eigenvalue weighted by atomic mass is 19.4. The third-order valence-corrected chi connectivity index (χ3v) is 2.62. The number of halogens is 3. The number of aromatic nitrogens is 4. The Morgan fingerprint density at radius 2 is 2.04 bits per heavy atom. The number of carbonyl (C=O) groups is 2. The van der Waals surface area contributed by atoms with E-state index in [9.17, 15) is 22.8 Å². The van der Waals surface area contributed by atoms with Crippen molar-refractivity contribution in [1.29, 1.82) is 0 Å². The molecule has 0 bridgehead atoms. The second kappa shape index (κ2) is 6.90. The smallest absolute Gasteiger partial charge is 0.386 e. The Bertz CT molecular complexity index is 690. The summed E-state index contributed by atoms with van der Waals surface area (Å²) >= 11 is 0. The van der Waals surface area contributed by atoms with Gasteiger partial charge in [-0.1, -0.05) is 4.68 Å². The molecule has 2 aromatic rings. The van der Waals surface area contributed by atoms with Gasteiger partial charge in [-0.3, -0.25) is 4.79 Å². The number of carbonyl (C=O) groups excluding carboxylic acids is 2. The molecule has 0 atom stereocenters. The van der Waals surface area contributed by atoms with Gasteiger partial charge in [-0.2, -0.15) is 23.4 Å². The summed E-state index contributed by atoms with van der Waals surface area (Å²) in [6.07, 6.45) is -1.11. The number of hydrogen-bond donors (Lipinski definition) is 0. The highest BCUT2D eigenvalue weighted by Crippen LogP contribution is 2.16. The molecule has 0 aliphatic heterocycles. The fourth-order valence-corrected chi connectivity index (χ4v) is 1.54. The normalized spacial score (nSPS) is 11.1. The number of rotatable bonds is 4. The molecule has 7 nitrogen and oxygen atoms in total. The standard InChI is InChI=1S/C13H10F3N4O3/c14-13(15,16)12(22)23-11(21)4-7-20-6-3-9(8-18-20)10-2-1-5-17-19-10/h1-3,5-6,8H,4,7H2/q+1. The number of ether oxygens (including phenoxy) is 1. The molecule has 2 aromatic heterocycles. The fraction of sp³-hybridized carbons (Fsp3) is 0.231. The van der Waals surface area contributed by atoms with Crippen molar-refractivity contribution in [3.8, 4) is 11.3 Å². The van der Waals surface area contributed by atoms with E-state index in [-0.39, 0.29) is 6.54 Å². The topological polar surface area (TPSA) is 85.9 Å². The summed E-state index contributed by atoms with van der Waals surface area (Å²) < 4.78 is 40.8. The molecule has 2 heterocycles. The lowest BCUT2D eigenvalue weighted by Crippen LogP contribution is -2.39. The SMILES string of the molecule is O=C(CC[n+]1ccc(-c2cccnn2)cn1)OC(=O)C(F)(F)F. The van der Waals surface area contributed by atoms with Crippen molar-refractivity contribution >= 4 is 11.9 Å². The Hall–Kier alpha value is -2.91. The number of alkyl halides is 3. The Labute approximate surface area is 127 Å². The molecule has 0 spiro atoms. The van der Waals surface area contributed by atoms with Crippen LogP contribution in [0.1, 0.15) is 6.42 Å². The summed E-state index contributed by atoms with van der Waals surface area (Å²) in [7, 11) is 0. The maximum atomic E-state index is 11.9. The number of esters is 2. The molecule has 0 saturated heterocycles. The first-order valence-corrected chi connectivity index (χ1v) is 6.32. The van der Waals surface area contributed by atoms with Gasteiger partial charge in [0.2, 0.25) is 0 Å². The van der Waals surface area contributed by atoms with Gasteiger partial charge < -0.3 is 4.74 Å². The lowest BCUT2D eigenvalue weighted by molar-refractivity contribution is -0.752. The van der Waals surface area contributed by atoms with E-state index in [1.807, 2.05) is 0 Å². The number of nitrogens with zero attached hydrogens (tertiary/aromatic N) is 4. The summed E-state index contributed by atoms with van der Waals surface area (Å²) in [5.74, 6) is -3.81. The molecule has 0 radical (unpaired) electrons. The van der Waals surface area contributed by atoms with E-state index in [4.69, 9.17) is 0 Å². The summed E-state index contributed by atoms with van der Waals surface area (Å²) in [5, 5.41) is 11.6. The molecule has 2 rings (SSSR count). The molecule has 0 aliphatic carbocycles. The monoisotopic (exact) mass is 327 g/mol. The number of hydrogen-bond acceptors (Lipinski definition) is 6. The first-order valence-electron chi connectivity index (χ1n) is 6.32. The van der Waals surface area contributed by atoms with Gasteiger partial charge in [-0.05, 0) is 17.2 Å². The van der Waals surface area contributed by atoms with Gasteiger partial charge in [0.1, 0.15) is 12.6 Å². The minimum Gasteiger partial charge on any atom is -0.386 e. The van der Waals surface area contributed by atoms with Crippen molar-refractivity contribution in [2.45, 2.75) is 19.1 Å². The summed E-state index contributed by atoms with van der Waals surface area (Å²) in [4.78, 5) is 21.6. The molecule has 0 N–H and O–H groups in total. The maximum Gasteiger partial charge on any atom is 0.491 e. The third kappa shape index (κ3) is 4.80. The quantitative estimate of drug-likeness (QED) is 0.470. The van der Waals surface area contributed by atoms with Gasteiger partial charge in [-0.15, -0.1) is 0 Å². The molecule has 23 heavy (non-hydrogen) atoms. The average Bonchev–Trinajstić information content (AvgIpc) is 2.53. The van der Waals surface area contributed by atoms with Crippen molar-refractivity contribution in [3.63, 3.8) is 0 Å².